The molecule has 0 aliphatic rings. The lowest BCUT2D eigenvalue weighted by Gasteiger charge is -2.03. The zero-order valence-corrected chi connectivity index (χ0v) is 8.67. The number of ketones is 1. The van der Waals surface area contributed by atoms with Gasteiger partial charge in [0.15, 0.2) is 5.82 Å². The number of carbonyl (C=O) groups is 2. The molecular formula is C9H13N3O4. The predicted molar refractivity (Wildman–Crippen MR) is 53.9 cm³/mol. The Bertz CT molecular complexity index is 399. The number of aliphatic carboxylic acids is 1. The monoisotopic (exact) mass is 227 g/mol. The van der Waals surface area contributed by atoms with Gasteiger partial charge in [0.1, 0.15) is 12.1 Å². The fraction of sp³-hybridized carbons (Fsp3) is 0.444. The fourth-order valence-electron chi connectivity index (χ4n) is 1.11. The minimum absolute atomic E-state index is 0.00240. The molecule has 5 N–H and O–H groups in total. The second-order valence-electron chi connectivity index (χ2n) is 3.45. The average molecular weight is 227 g/mol. The van der Waals surface area contributed by atoms with Gasteiger partial charge in [-0.15, -0.1) is 0 Å². The van der Waals surface area contributed by atoms with Crippen LogP contribution in [0.3, 0.4) is 0 Å². The van der Waals surface area contributed by atoms with Gasteiger partial charge in [-0.1, -0.05) is 0 Å². The average Bonchev–Trinajstić information content (AvgIpc) is 2.64. The molecule has 88 valence electrons. The highest BCUT2D eigenvalue weighted by atomic mass is 16.4. The Morgan fingerprint density at radius 2 is 2.25 bits per heavy atom. The van der Waals surface area contributed by atoms with Crippen molar-refractivity contribution < 1.29 is 19.8 Å². The number of carboxylic acid groups (broad SMARTS) is 1. The largest absolute Gasteiger partial charge is 0.480 e. The first-order valence-electron chi connectivity index (χ1n) is 4.66. The molecule has 0 amide bonds. The number of aromatic nitrogens is 2. The first kappa shape index (κ1) is 12.3. The van der Waals surface area contributed by atoms with Crippen LogP contribution in [0.15, 0.2) is 6.20 Å². The normalized spacial score (nSPS) is 14.4. The van der Waals surface area contributed by atoms with E-state index in [0.717, 1.165) is 0 Å². The summed E-state index contributed by atoms with van der Waals surface area (Å²) in [5.74, 6) is -1.67. The molecule has 0 aliphatic carbocycles. The minimum atomic E-state index is -1.15. The molecule has 0 saturated heterocycles. The maximum absolute atomic E-state index is 11.3. The molecule has 1 aromatic heterocycles. The van der Waals surface area contributed by atoms with E-state index in [2.05, 4.69) is 9.97 Å². The SMILES string of the molecule is CC(O)C(=O)c1ncc(CC(N)C(=O)O)[nH]1. The number of carbonyl (C=O) groups excluding carboxylic acids is 1. The van der Waals surface area contributed by atoms with Gasteiger partial charge in [-0.25, -0.2) is 4.98 Å². The molecule has 1 aromatic rings. The Balaban J connectivity index is 2.72. The third kappa shape index (κ3) is 2.88. The molecule has 7 heteroatoms. The first-order valence-corrected chi connectivity index (χ1v) is 4.66. The first-order chi connectivity index (χ1) is 7.41. The topological polar surface area (TPSA) is 129 Å². The van der Waals surface area contributed by atoms with Crippen LogP contribution in [0.2, 0.25) is 0 Å². The van der Waals surface area contributed by atoms with Crippen LogP contribution < -0.4 is 5.73 Å². The number of nitrogens with zero attached hydrogens (tertiary/aromatic N) is 1. The quantitative estimate of drug-likeness (QED) is 0.474. The van der Waals surface area contributed by atoms with Crippen molar-refractivity contribution in [2.24, 2.45) is 5.73 Å². The summed E-state index contributed by atoms with van der Waals surface area (Å²) in [7, 11) is 0. The van der Waals surface area contributed by atoms with Gasteiger partial charge < -0.3 is 20.9 Å². The van der Waals surface area contributed by atoms with E-state index in [1.54, 1.807) is 0 Å². The Morgan fingerprint density at radius 1 is 1.62 bits per heavy atom. The van der Waals surface area contributed by atoms with Crippen LogP contribution in [0, 0.1) is 0 Å². The zero-order valence-electron chi connectivity index (χ0n) is 8.67. The number of nitrogens with two attached hydrogens (primary N) is 1. The summed E-state index contributed by atoms with van der Waals surface area (Å²) < 4.78 is 0. The minimum Gasteiger partial charge on any atom is -0.480 e. The standard InChI is InChI=1S/C9H13N3O4/c1-4(13)7(14)8-11-3-5(12-8)2-6(10)9(15)16/h3-4,6,13H,2,10H2,1H3,(H,11,12)(H,15,16). The van der Waals surface area contributed by atoms with Crippen molar-refractivity contribution in [2.75, 3.05) is 0 Å². The number of aliphatic hydroxyl groups excluding tert-OH is 1. The highest BCUT2D eigenvalue weighted by Gasteiger charge is 2.18. The molecule has 0 spiro atoms. The van der Waals surface area contributed by atoms with Gasteiger partial charge in [-0.05, 0) is 6.92 Å². The number of aliphatic hydroxyl groups is 1. The van der Waals surface area contributed by atoms with E-state index in [0.29, 0.717) is 5.69 Å². The third-order valence-corrected chi connectivity index (χ3v) is 2.00. The molecule has 1 rings (SSSR count). The number of hydrogen-bond donors (Lipinski definition) is 4. The van der Waals surface area contributed by atoms with Crippen LogP contribution in [0.4, 0.5) is 0 Å². The summed E-state index contributed by atoms with van der Waals surface area (Å²) in [6.45, 7) is 1.33. The summed E-state index contributed by atoms with van der Waals surface area (Å²) in [5, 5.41) is 17.6. The second-order valence-corrected chi connectivity index (χ2v) is 3.45. The molecule has 2 atom stereocenters. The molecule has 0 bridgehead atoms. The lowest BCUT2D eigenvalue weighted by molar-refractivity contribution is -0.138. The Hall–Kier alpha value is -1.73. The van der Waals surface area contributed by atoms with Crippen LogP contribution >= 0.6 is 0 Å². The van der Waals surface area contributed by atoms with E-state index >= 15 is 0 Å². The number of Topliss-reactive ketones (excluding diaryl/α,β-unsaturated/α-hetero) is 1. The maximum Gasteiger partial charge on any atom is 0.320 e. The number of aromatic amines is 1. The second kappa shape index (κ2) is 4.86. The Labute approximate surface area is 91.3 Å². The molecule has 7 nitrogen and oxygen atoms in total. The third-order valence-electron chi connectivity index (χ3n) is 2.00. The highest BCUT2D eigenvalue weighted by molar-refractivity contribution is 5.95. The van der Waals surface area contributed by atoms with Crippen LogP contribution in [0.5, 0.6) is 0 Å². The fourth-order valence-corrected chi connectivity index (χ4v) is 1.11. The molecular weight excluding hydrogens is 214 g/mol. The van der Waals surface area contributed by atoms with E-state index in [9.17, 15) is 9.59 Å². The lowest BCUT2D eigenvalue weighted by atomic mass is 10.2. The number of nitrogens with one attached hydrogen (secondary N) is 1. The molecule has 2 unspecified atom stereocenters. The van der Waals surface area contributed by atoms with Gasteiger partial charge >= 0.3 is 5.97 Å². The van der Waals surface area contributed by atoms with Gasteiger partial charge in [0.25, 0.3) is 0 Å². The Morgan fingerprint density at radius 3 is 2.75 bits per heavy atom. The van der Waals surface area contributed by atoms with Crippen molar-refractivity contribution in [2.45, 2.75) is 25.5 Å². The molecule has 0 radical (unpaired) electrons. The number of rotatable bonds is 5. The van der Waals surface area contributed by atoms with E-state index < -0.39 is 23.9 Å². The van der Waals surface area contributed by atoms with E-state index in [1.807, 2.05) is 0 Å². The predicted octanol–water partition coefficient (Wildman–Crippen LogP) is -1.07. The Kier molecular flexibility index (Phi) is 3.75. The van der Waals surface area contributed by atoms with Gasteiger partial charge in [-0.2, -0.15) is 0 Å². The van der Waals surface area contributed by atoms with Crippen LogP contribution in [-0.4, -0.2) is 44.1 Å². The van der Waals surface area contributed by atoms with Crippen LogP contribution in [-0.2, 0) is 11.2 Å². The zero-order chi connectivity index (χ0) is 12.3. The van der Waals surface area contributed by atoms with Crippen LogP contribution in [0.1, 0.15) is 23.2 Å². The molecule has 1 heterocycles. The summed E-state index contributed by atoms with van der Waals surface area (Å²) in [5.41, 5.74) is 5.76. The van der Waals surface area contributed by atoms with Crippen LogP contribution in [0.25, 0.3) is 0 Å². The smallest absolute Gasteiger partial charge is 0.320 e. The van der Waals surface area contributed by atoms with Crippen molar-refractivity contribution in [1.29, 1.82) is 0 Å². The summed E-state index contributed by atoms with van der Waals surface area (Å²) in [6, 6.07) is -1.05. The van der Waals surface area contributed by atoms with Gasteiger partial charge in [0, 0.05) is 18.3 Å². The van der Waals surface area contributed by atoms with Crippen molar-refractivity contribution in [3.8, 4) is 0 Å². The summed E-state index contributed by atoms with van der Waals surface area (Å²) in [6.07, 6.45) is 0.237. The summed E-state index contributed by atoms with van der Waals surface area (Å²) in [4.78, 5) is 28.1. The van der Waals surface area contributed by atoms with E-state index in [-0.39, 0.29) is 12.2 Å². The molecule has 0 fully saturated rings. The van der Waals surface area contributed by atoms with E-state index in [1.165, 1.54) is 13.1 Å². The van der Waals surface area contributed by atoms with Crippen molar-refractivity contribution >= 4 is 11.8 Å². The lowest BCUT2D eigenvalue weighted by Crippen LogP contribution is -2.32. The summed E-state index contributed by atoms with van der Waals surface area (Å²) >= 11 is 0. The van der Waals surface area contributed by atoms with Gasteiger partial charge in [0.05, 0.1) is 0 Å². The number of carboxylic acids is 1. The molecule has 16 heavy (non-hydrogen) atoms. The van der Waals surface area contributed by atoms with Crippen molar-refractivity contribution in [3.05, 3.63) is 17.7 Å². The van der Waals surface area contributed by atoms with Crippen molar-refractivity contribution in [1.82, 2.24) is 9.97 Å². The highest BCUT2D eigenvalue weighted by Crippen LogP contribution is 2.03. The number of hydrogen-bond acceptors (Lipinski definition) is 5. The van der Waals surface area contributed by atoms with Crippen molar-refractivity contribution in [3.63, 3.8) is 0 Å². The van der Waals surface area contributed by atoms with Gasteiger partial charge in [-0.3, -0.25) is 9.59 Å². The number of H-pyrrole nitrogens is 1. The molecule has 0 aliphatic heterocycles. The molecule has 0 aromatic carbocycles. The molecule has 0 saturated carbocycles. The number of imidazole rings is 1. The van der Waals surface area contributed by atoms with E-state index in [4.69, 9.17) is 15.9 Å². The maximum atomic E-state index is 11.3. The van der Waals surface area contributed by atoms with Gasteiger partial charge in [0.2, 0.25) is 5.78 Å².